The van der Waals surface area contributed by atoms with Crippen LogP contribution in [0.2, 0.25) is 0 Å². The molecule has 2 N–H and O–H groups in total. The Labute approximate surface area is 132 Å². The van der Waals surface area contributed by atoms with E-state index in [1.54, 1.807) is 7.11 Å². The van der Waals surface area contributed by atoms with Gasteiger partial charge in [-0.25, -0.2) is 4.99 Å². The van der Waals surface area contributed by atoms with Crippen LogP contribution in [0.5, 0.6) is 0 Å². The number of hydrogen-bond acceptors (Lipinski definition) is 2. The Morgan fingerprint density at radius 2 is 2.00 bits per heavy atom. The Hall–Kier alpha value is -0.820. The van der Waals surface area contributed by atoms with Crippen molar-refractivity contribution in [2.75, 3.05) is 14.2 Å². The van der Waals surface area contributed by atoms with Crippen LogP contribution in [0.25, 0.3) is 0 Å². The van der Waals surface area contributed by atoms with Gasteiger partial charge in [0, 0.05) is 20.2 Å². The SMILES string of the molecule is COCc1ccccc1CN=C(N)N(C)C1CC1.I. The Kier molecular flexibility index (Phi) is 6.57. The Bertz CT molecular complexity index is 432. The van der Waals surface area contributed by atoms with E-state index in [0.29, 0.717) is 25.2 Å². The average molecular weight is 375 g/mol. The van der Waals surface area contributed by atoms with E-state index < -0.39 is 0 Å². The van der Waals surface area contributed by atoms with E-state index in [-0.39, 0.29) is 24.0 Å². The zero-order chi connectivity index (χ0) is 13.0. The first kappa shape index (κ1) is 16.2. The quantitative estimate of drug-likeness (QED) is 0.489. The molecule has 0 radical (unpaired) electrons. The van der Waals surface area contributed by atoms with Gasteiger partial charge < -0.3 is 15.4 Å². The van der Waals surface area contributed by atoms with Crippen LogP contribution in [-0.4, -0.2) is 31.1 Å². The van der Waals surface area contributed by atoms with Gasteiger partial charge in [-0.15, -0.1) is 24.0 Å². The van der Waals surface area contributed by atoms with Crippen molar-refractivity contribution in [3.8, 4) is 0 Å². The number of nitrogens with zero attached hydrogens (tertiary/aromatic N) is 2. The Morgan fingerprint density at radius 1 is 1.37 bits per heavy atom. The number of rotatable bonds is 5. The summed E-state index contributed by atoms with van der Waals surface area (Å²) in [6, 6.07) is 8.77. The lowest BCUT2D eigenvalue weighted by atomic mass is 10.1. The zero-order valence-corrected chi connectivity index (χ0v) is 13.8. The van der Waals surface area contributed by atoms with Crippen LogP contribution in [0.15, 0.2) is 29.3 Å². The first-order chi connectivity index (χ1) is 8.72. The standard InChI is InChI=1S/C14H21N3O.HI/c1-17(13-7-8-13)14(15)16-9-11-5-3-4-6-12(11)10-18-2;/h3-6,13H,7-10H2,1-2H3,(H2,15,16);1H. The molecule has 0 bridgehead atoms. The first-order valence-corrected chi connectivity index (χ1v) is 6.31. The number of hydrogen-bond donors (Lipinski definition) is 1. The zero-order valence-electron chi connectivity index (χ0n) is 11.5. The summed E-state index contributed by atoms with van der Waals surface area (Å²) in [5.74, 6) is 0.629. The molecule has 1 aliphatic carbocycles. The molecule has 0 aromatic heterocycles. The average Bonchev–Trinajstić information content (AvgIpc) is 3.21. The first-order valence-electron chi connectivity index (χ1n) is 6.31. The monoisotopic (exact) mass is 375 g/mol. The molecule has 0 amide bonds. The van der Waals surface area contributed by atoms with Gasteiger partial charge in [0.25, 0.3) is 0 Å². The Morgan fingerprint density at radius 3 is 2.58 bits per heavy atom. The van der Waals surface area contributed by atoms with Crippen molar-refractivity contribution in [1.82, 2.24) is 4.90 Å². The van der Waals surface area contributed by atoms with Crippen molar-refractivity contribution in [3.63, 3.8) is 0 Å². The molecule has 1 saturated carbocycles. The third-order valence-electron chi connectivity index (χ3n) is 3.29. The second-order valence-electron chi connectivity index (χ2n) is 4.72. The summed E-state index contributed by atoms with van der Waals surface area (Å²) in [5.41, 5.74) is 8.32. The second kappa shape index (κ2) is 7.69. The third kappa shape index (κ3) is 4.65. The summed E-state index contributed by atoms with van der Waals surface area (Å²) < 4.78 is 5.18. The van der Waals surface area contributed by atoms with Gasteiger partial charge in [0.1, 0.15) is 0 Å². The van der Waals surface area contributed by atoms with Crippen molar-refractivity contribution in [1.29, 1.82) is 0 Å². The number of halogens is 1. The van der Waals surface area contributed by atoms with Gasteiger partial charge in [-0.2, -0.15) is 0 Å². The highest BCUT2D eigenvalue weighted by Gasteiger charge is 2.27. The highest BCUT2D eigenvalue weighted by molar-refractivity contribution is 14.0. The van der Waals surface area contributed by atoms with E-state index in [1.807, 2.05) is 19.2 Å². The molecule has 1 aromatic rings. The van der Waals surface area contributed by atoms with E-state index in [4.69, 9.17) is 10.5 Å². The normalized spacial score (nSPS) is 14.9. The van der Waals surface area contributed by atoms with Crippen molar-refractivity contribution in [2.45, 2.75) is 32.0 Å². The fraction of sp³-hybridized carbons (Fsp3) is 0.500. The minimum atomic E-state index is 0. The van der Waals surface area contributed by atoms with E-state index in [9.17, 15) is 0 Å². The number of benzene rings is 1. The Balaban J connectivity index is 0.00000180. The lowest BCUT2D eigenvalue weighted by Crippen LogP contribution is -2.35. The van der Waals surface area contributed by atoms with Crippen LogP contribution in [0.3, 0.4) is 0 Å². The van der Waals surface area contributed by atoms with Gasteiger partial charge in [0.2, 0.25) is 0 Å². The molecule has 1 aliphatic rings. The maximum atomic E-state index is 5.97. The van der Waals surface area contributed by atoms with Crippen LogP contribution in [0.4, 0.5) is 0 Å². The highest BCUT2D eigenvalue weighted by Crippen LogP contribution is 2.25. The third-order valence-corrected chi connectivity index (χ3v) is 3.29. The maximum absolute atomic E-state index is 5.97. The number of aliphatic imine (C=N–C) groups is 1. The van der Waals surface area contributed by atoms with E-state index in [2.05, 4.69) is 22.0 Å². The molecule has 0 unspecified atom stereocenters. The minimum absolute atomic E-state index is 0. The summed E-state index contributed by atoms with van der Waals surface area (Å²) in [5, 5.41) is 0. The van der Waals surface area contributed by atoms with Gasteiger partial charge in [0.15, 0.2) is 5.96 Å². The van der Waals surface area contributed by atoms with Gasteiger partial charge in [-0.3, -0.25) is 0 Å². The molecular weight excluding hydrogens is 353 g/mol. The number of guanidine groups is 1. The molecule has 106 valence electrons. The molecule has 0 saturated heterocycles. The largest absolute Gasteiger partial charge is 0.380 e. The van der Waals surface area contributed by atoms with Crippen LogP contribution < -0.4 is 5.73 Å². The molecule has 0 atom stereocenters. The summed E-state index contributed by atoms with van der Waals surface area (Å²) >= 11 is 0. The summed E-state index contributed by atoms with van der Waals surface area (Å²) in [7, 11) is 3.72. The van der Waals surface area contributed by atoms with Gasteiger partial charge in [-0.1, -0.05) is 24.3 Å². The number of methoxy groups -OCH3 is 1. The van der Waals surface area contributed by atoms with Gasteiger partial charge in [0.05, 0.1) is 13.2 Å². The van der Waals surface area contributed by atoms with Crippen molar-refractivity contribution in [3.05, 3.63) is 35.4 Å². The van der Waals surface area contributed by atoms with Crippen LogP contribution >= 0.6 is 24.0 Å². The molecule has 19 heavy (non-hydrogen) atoms. The molecule has 0 aliphatic heterocycles. The van der Waals surface area contributed by atoms with Crippen LogP contribution in [0, 0.1) is 0 Å². The lowest BCUT2D eigenvalue weighted by molar-refractivity contribution is 0.184. The number of nitrogens with two attached hydrogens (primary N) is 1. The minimum Gasteiger partial charge on any atom is -0.380 e. The fourth-order valence-corrected chi connectivity index (χ4v) is 1.93. The van der Waals surface area contributed by atoms with Crippen molar-refractivity contribution < 1.29 is 4.74 Å². The predicted octanol–water partition coefficient (Wildman–Crippen LogP) is 2.36. The summed E-state index contributed by atoms with van der Waals surface area (Å²) in [6.07, 6.45) is 2.46. The molecule has 0 heterocycles. The van der Waals surface area contributed by atoms with Crippen LogP contribution in [0.1, 0.15) is 24.0 Å². The second-order valence-corrected chi connectivity index (χ2v) is 4.72. The number of ether oxygens (including phenoxy) is 1. The van der Waals surface area contributed by atoms with Crippen LogP contribution in [-0.2, 0) is 17.9 Å². The van der Waals surface area contributed by atoms with E-state index in [1.165, 1.54) is 24.0 Å². The predicted molar refractivity (Wildman–Crippen MR) is 88.7 cm³/mol. The summed E-state index contributed by atoms with van der Waals surface area (Å²) in [6.45, 7) is 1.23. The highest BCUT2D eigenvalue weighted by atomic mass is 127. The summed E-state index contributed by atoms with van der Waals surface area (Å²) in [4.78, 5) is 6.53. The van der Waals surface area contributed by atoms with Gasteiger partial charge in [-0.05, 0) is 24.0 Å². The lowest BCUT2D eigenvalue weighted by Gasteiger charge is -2.17. The fourth-order valence-electron chi connectivity index (χ4n) is 1.93. The van der Waals surface area contributed by atoms with Crippen molar-refractivity contribution >= 4 is 29.9 Å². The van der Waals surface area contributed by atoms with Gasteiger partial charge >= 0.3 is 0 Å². The smallest absolute Gasteiger partial charge is 0.191 e. The molecule has 5 heteroatoms. The molecular formula is C14H22IN3O. The van der Waals surface area contributed by atoms with E-state index >= 15 is 0 Å². The molecule has 1 fully saturated rings. The topological polar surface area (TPSA) is 50.9 Å². The molecule has 0 spiro atoms. The molecule has 2 rings (SSSR count). The molecule has 4 nitrogen and oxygen atoms in total. The molecule has 1 aromatic carbocycles. The maximum Gasteiger partial charge on any atom is 0.191 e. The van der Waals surface area contributed by atoms with Crippen molar-refractivity contribution in [2.24, 2.45) is 10.7 Å². The van der Waals surface area contributed by atoms with E-state index in [0.717, 1.165) is 0 Å².